The van der Waals surface area contributed by atoms with Crippen LogP contribution < -0.4 is 0 Å². The lowest BCUT2D eigenvalue weighted by molar-refractivity contribution is -0.142. The minimum Gasteiger partial charge on any atom is -0.395 e. The summed E-state index contributed by atoms with van der Waals surface area (Å²) in [7, 11) is 1.53. The molecule has 7 heteroatoms. The average Bonchev–Trinajstić information content (AvgIpc) is 2.86. The van der Waals surface area contributed by atoms with Crippen LogP contribution in [0.5, 0.6) is 0 Å². The van der Waals surface area contributed by atoms with Crippen molar-refractivity contribution in [2.24, 2.45) is 5.92 Å². The second kappa shape index (κ2) is 7.91. The summed E-state index contributed by atoms with van der Waals surface area (Å²) in [6.45, 7) is 5.09. The van der Waals surface area contributed by atoms with Crippen molar-refractivity contribution in [2.45, 2.75) is 38.1 Å². The molecule has 2 heterocycles. The van der Waals surface area contributed by atoms with Gasteiger partial charge in [0.25, 0.3) is 5.91 Å². The number of imide groups is 1. The Kier molecular flexibility index (Phi) is 5.74. The highest BCUT2D eigenvalue weighted by Crippen LogP contribution is 2.37. The molecule has 1 atom stereocenters. The van der Waals surface area contributed by atoms with Gasteiger partial charge >= 0.3 is 6.03 Å². The lowest BCUT2D eigenvalue weighted by Gasteiger charge is -2.43. The maximum absolute atomic E-state index is 13.0. The minimum absolute atomic E-state index is 0.135. The lowest BCUT2D eigenvalue weighted by atomic mass is 9.84. The fourth-order valence-electron chi connectivity index (χ4n) is 4.31. The van der Waals surface area contributed by atoms with Crippen molar-refractivity contribution in [3.8, 4) is 0 Å². The van der Waals surface area contributed by atoms with Gasteiger partial charge in [0.2, 0.25) is 5.91 Å². The van der Waals surface area contributed by atoms with Gasteiger partial charge < -0.3 is 14.9 Å². The third-order valence-corrected chi connectivity index (χ3v) is 5.87. The van der Waals surface area contributed by atoms with Gasteiger partial charge in [-0.2, -0.15) is 0 Å². The normalized spacial score (nSPS) is 20.4. The third kappa shape index (κ3) is 3.39. The molecule has 2 aliphatic rings. The van der Waals surface area contributed by atoms with Crippen LogP contribution in [-0.2, 0) is 9.59 Å². The number of aliphatic hydroxyl groups excluding tert-OH is 1. The van der Waals surface area contributed by atoms with Crippen LogP contribution in [0.1, 0.15) is 38.2 Å². The number of hydrogen-bond donors (Lipinski definition) is 1. The number of urea groups is 1. The quantitative estimate of drug-likeness (QED) is 0.780. The van der Waals surface area contributed by atoms with Crippen LogP contribution in [0.25, 0.3) is 0 Å². The highest BCUT2D eigenvalue weighted by atomic mass is 16.3. The van der Waals surface area contributed by atoms with Crippen LogP contribution in [0.4, 0.5) is 4.79 Å². The summed E-state index contributed by atoms with van der Waals surface area (Å²) < 4.78 is 0. The van der Waals surface area contributed by atoms with Gasteiger partial charge in [-0.15, -0.1) is 0 Å². The standard InChI is InChI=1S/C21H29N3O4/c1-15(2)13-24-20(28)22(3)19(27)21(24)9-11-23(12-10-21)18(26)17(14-25)16-7-5-4-6-8-16/h4-8,15,17,25H,9-14H2,1-3H3. The van der Waals surface area contributed by atoms with E-state index in [1.165, 1.54) is 11.9 Å². The van der Waals surface area contributed by atoms with Crippen LogP contribution in [0.2, 0.25) is 0 Å². The number of hydrogen-bond acceptors (Lipinski definition) is 4. The fourth-order valence-corrected chi connectivity index (χ4v) is 4.31. The third-order valence-electron chi connectivity index (χ3n) is 5.87. The zero-order valence-electron chi connectivity index (χ0n) is 16.8. The van der Waals surface area contributed by atoms with Crippen molar-refractivity contribution in [3.63, 3.8) is 0 Å². The molecule has 2 aliphatic heterocycles. The molecule has 1 aromatic rings. The van der Waals surface area contributed by atoms with Crippen molar-refractivity contribution < 1.29 is 19.5 Å². The van der Waals surface area contributed by atoms with Gasteiger partial charge in [-0.25, -0.2) is 4.79 Å². The van der Waals surface area contributed by atoms with Gasteiger partial charge in [-0.1, -0.05) is 44.2 Å². The predicted octanol–water partition coefficient (Wildman–Crippen LogP) is 1.67. The zero-order valence-corrected chi connectivity index (χ0v) is 16.8. The Morgan fingerprint density at radius 1 is 1.14 bits per heavy atom. The molecule has 28 heavy (non-hydrogen) atoms. The van der Waals surface area contributed by atoms with Gasteiger partial charge in [0, 0.05) is 26.7 Å². The van der Waals surface area contributed by atoms with Gasteiger partial charge in [-0.3, -0.25) is 14.5 Å². The van der Waals surface area contributed by atoms with E-state index < -0.39 is 11.5 Å². The van der Waals surface area contributed by atoms with E-state index in [0.717, 1.165) is 5.56 Å². The molecule has 152 valence electrons. The molecule has 1 spiro atoms. The Balaban J connectivity index is 1.76. The first-order valence-corrected chi connectivity index (χ1v) is 9.86. The summed E-state index contributed by atoms with van der Waals surface area (Å²) >= 11 is 0. The van der Waals surface area contributed by atoms with Crippen molar-refractivity contribution in [1.29, 1.82) is 0 Å². The van der Waals surface area contributed by atoms with E-state index in [1.54, 1.807) is 9.80 Å². The van der Waals surface area contributed by atoms with Crippen molar-refractivity contribution in [3.05, 3.63) is 35.9 Å². The highest BCUT2D eigenvalue weighted by molar-refractivity contribution is 6.07. The van der Waals surface area contributed by atoms with E-state index in [4.69, 9.17) is 0 Å². The van der Waals surface area contributed by atoms with Crippen molar-refractivity contribution in [1.82, 2.24) is 14.7 Å². The largest absolute Gasteiger partial charge is 0.395 e. The molecule has 0 radical (unpaired) electrons. The first kappa shape index (κ1) is 20.3. The van der Waals surface area contributed by atoms with Crippen LogP contribution in [-0.4, -0.2) is 76.5 Å². The molecule has 1 aromatic carbocycles. The van der Waals surface area contributed by atoms with E-state index in [1.807, 2.05) is 44.2 Å². The molecule has 4 amide bonds. The second-order valence-electron chi connectivity index (χ2n) is 8.15. The van der Waals surface area contributed by atoms with E-state index in [9.17, 15) is 19.5 Å². The Morgan fingerprint density at radius 3 is 2.29 bits per heavy atom. The predicted molar refractivity (Wildman–Crippen MR) is 105 cm³/mol. The molecule has 2 fully saturated rings. The Morgan fingerprint density at radius 2 is 1.75 bits per heavy atom. The summed E-state index contributed by atoms with van der Waals surface area (Å²) in [5.74, 6) is -0.668. The first-order chi connectivity index (χ1) is 13.3. The molecule has 1 unspecified atom stereocenters. The monoisotopic (exact) mass is 387 g/mol. The van der Waals surface area contributed by atoms with E-state index in [0.29, 0.717) is 32.5 Å². The molecular weight excluding hydrogens is 358 g/mol. The van der Waals surface area contributed by atoms with Crippen molar-refractivity contribution >= 4 is 17.8 Å². The second-order valence-corrected chi connectivity index (χ2v) is 8.15. The number of piperidine rings is 1. The lowest BCUT2D eigenvalue weighted by Crippen LogP contribution is -2.58. The van der Waals surface area contributed by atoms with Gasteiger partial charge in [0.05, 0.1) is 12.5 Å². The number of carbonyl (C=O) groups is 3. The summed E-state index contributed by atoms with van der Waals surface area (Å²) in [5.41, 5.74) is -0.0717. The van der Waals surface area contributed by atoms with Crippen LogP contribution in [0.15, 0.2) is 30.3 Å². The average molecular weight is 387 g/mol. The number of nitrogens with zero attached hydrogens (tertiary/aromatic N) is 3. The molecule has 1 N–H and O–H groups in total. The summed E-state index contributed by atoms with van der Waals surface area (Å²) in [6.07, 6.45) is 0.848. The summed E-state index contributed by atoms with van der Waals surface area (Å²) in [4.78, 5) is 43.1. The maximum Gasteiger partial charge on any atom is 0.327 e. The Labute approximate surface area is 165 Å². The smallest absolute Gasteiger partial charge is 0.327 e. The number of likely N-dealkylation sites (tertiary alicyclic amines) is 1. The van der Waals surface area contributed by atoms with Crippen LogP contribution in [0, 0.1) is 5.92 Å². The fraction of sp³-hybridized carbons (Fsp3) is 0.571. The maximum atomic E-state index is 13.0. The molecule has 0 aromatic heterocycles. The SMILES string of the molecule is CC(C)CN1C(=O)N(C)C(=O)C12CCN(C(=O)C(CO)c1ccccc1)CC2. The van der Waals surface area contributed by atoms with Crippen molar-refractivity contribution in [2.75, 3.05) is 33.3 Å². The number of carbonyl (C=O) groups excluding carboxylic acids is 3. The Bertz CT molecular complexity index is 741. The zero-order chi connectivity index (χ0) is 20.5. The first-order valence-electron chi connectivity index (χ1n) is 9.86. The topological polar surface area (TPSA) is 81.2 Å². The van der Waals surface area contributed by atoms with Crippen LogP contribution >= 0.6 is 0 Å². The van der Waals surface area contributed by atoms with Gasteiger partial charge in [-0.05, 0) is 24.3 Å². The minimum atomic E-state index is -0.853. The molecule has 2 saturated heterocycles. The molecule has 7 nitrogen and oxygen atoms in total. The van der Waals surface area contributed by atoms with Crippen LogP contribution in [0.3, 0.4) is 0 Å². The molecule has 0 saturated carbocycles. The number of benzene rings is 1. The number of amides is 4. The summed E-state index contributed by atoms with van der Waals surface area (Å²) in [5, 5.41) is 9.78. The van der Waals surface area contributed by atoms with E-state index >= 15 is 0 Å². The highest BCUT2D eigenvalue weighted by Gasteiger charge is 2.57. The number of rotatable bonds is 5. The Hall–Kier alpha value is -2.41. The summed E-state index contributed by atoms with van der Waals surface area (Å²) in [6, 6.07) is 8.98. The van der Waals surface area contributed by atoms with E-state index in [2.05, 4.69) is 0 Å². The molecule has 0 bridgehead atoms. The number of aliphatic hydroxyl groups is 1. The van der Waals surface area contributed by atoms with Gasteiger partial charge in [0.15, 0.2) is 0 Å². The molecule has 0 aliphatic carbocycles. The van der Waals surface area contributed by atoms with Gasteiger partial charge in [0.1, 0.15) is 5.54 Å². The number of likely N-dealkylation sites (N-methyl/N-ethyl adjacent to an activating group) is 1. The van der Waals surface area contributed by atoms with E-state index in [-0.39, 0.29) is 30.4 Å². The molecular formula is C21H29N3O4. The molecule has 3 rings (SSSR count).